The largest absolute Gasteiger partial charge is 0.465 e. The maximum atomic E-state index is 13.6. The van der Waals surface area contributed by atoms with Gasteiger partial charge in [-0.05, 0) is 37.1 Å². The summed E-state index contributed by atoms with van der Waals surface area (Å²) in [6.07, 6.45) is 3.98. The molecule has 1 aromatic carbocycles. The SMILES string of the molecule is COC(=O)c1ccc(CNCCCCCCO)cc1F. The zero-order valence-corrected chi connectivity index (χ0v) is 11.8. The molecule has 20 heavy (non-hydrogen) atoms. The summed E-state index contributed by atoms with van der Waals surface area (Å²) in [6.45, 7) is 1.67. The molecule has 0 unspecified atom stereocenters. The lowest BCUT2D eigenvalue weighted by Crippen LogP contribution is -2.15. The van der Waals surface area contributed by atoms with Gasteiger partial charge in [0, 0.05) is 13.2 Å². The number of nitrogens with one attached hydrogen (secondary N) is 1. The standard InChI is InChI=1S/C15H22FNO3/c1-20-15(19)13-7-6-12(10-14(13)16)11-17-8-4-2-3-5-9-18/h6-7,10,17-18H,2-5,8-9,11H2,1H3. The van der Waals surface area contributed by atoms with Gasteiger partial charge in [-0.1, -0.05) is 18.9 Å². The molecule has 5 heteroatoms. The Morgan fingerprint density at radius 2 is 2.05 bits per heavy atom. The molecule has 0 radical (unpaired) electrons. The van der Waals surface area contributed by atoms with E-state index in [0.29, 0.717) is 6.54 Å². The number of carbonyl (C=O) groups is 1. The van der Waals surface area contributed by atoms with Crippen molar-refractivity contribution < 1.29 is 19.0 Å². The molecule has 2 N–H and O–H groups in total. The second-order valence-corrected chi connectivity index (χ2v) is 4.62. The average Bonchev–Trinajstić information content (AvgIpc) is 2.45. The molecule has 0 spiro atoms. The third kappa shape index (κ3) is 5.67. The molecule has 0 aromatic heterocycles. The fourth-order valence-corrected chi connectivity index (χ4v) is 1.89. The van der Waals surface area contributed by atoms with E-state index < -0.39 is 11.8 Å². The fourth-order valence-electron chi connectivity index (χ4n) is 1.89. The molecule has 0 amide bonds. The topological polar surface area (TPSA) is 58.6 Å². The predicted octanol–water partition coefficient (Wildman–Crippen LogP) is 2.25. The van der Waals surface area contributed by atoms with Gasteiger partial charge in [-0.25, -0.2) is 9.18 Å². The number of rotatable bonds is 9. The molecule has 1 rings (SSSR count). The zero-order valence-electron chi connectivity index (χ0n) is 11.8. The molecular weight excluding hydrogens is 261 g/mol. The van der Waals surface area contributed by atoms with E-state index in [1.807, 2.05) is 0 Å². The van der Waals surface area contributed by atoms with E-state index in [9.17, 15) is 9.18 Å². The molecule has 0 aliphatic rings. The first kappa shape index (κ1) is 16.6. The molecule has 4 nitrogen and oxygen atoms in total. The van der Waals surface area contributed by atoms with E-state index in [2.05, 4.69) is 10.1 Å². The van der Waals surface area contributed by atoms with Crippen molar-refractivity contribution in [3.63, 3.8) is 0 Å². The Kier molecular flexibility index (Phi) is 7.84. The molecule has 112 valence electrons. The number of hydrogen-bond donors (Lipinski definition) is 2. The van der Waals surface area contributed by atoms with Crippen molar-refractivity contribution in [3.05, 3.63) is 35.1 Å². The minimum absolute atomic E-state index is 0.0414. The van der Waals surface area contributed by atoms with Gasteiger partial charge in [0.15, 0.2) is 0 Å². The molecule has 0 saturated heterocycles. The maximum Gasteiger partial charge on any atom is 0.340 e. The van der Waals surface area contributed by atoms with Crippen LogP contribution >= 0.6 is 0 Å². The summed E-state index contributed by atoms with van der Waals surface area (Å²) in [6, 6.07) is 4.51. The number of unbranched alkanes of at least 4 members (excludes halogenated alkanes) is 3. The highest BCUT2D eigenvalue weighted by molar-refractivity contribution is 5.89. The van der Waals surface area contributed by atoms with E-state index >= 15 is 0 Å². The van der Waals surface area contributed by atoms with E-state index in [1.54, 1.807) is 6.07 Å². The van der Waals surface area contributed by atoms with Crippen LogP contribution in [0.5, 0.6) is 0 Å². The summed E-state index contributed by atoms with van der Waals surface area (Å²) in [5.74, 6) is -1.22. The molecule has 0 saturated carbocycles. The molecule has 0 atom stereocenters. The Morgan fingerprint density at radius 3 is 2.70 bits per heavy atom. The van der Waals surface area contributed by atoms with E-state index in [4.69, 9.17) is 5.11 Å². The first-order valence-corrected chi connectivity index (χ1v) is 6.87. The minimum Gasteiger partial charge on any atom is -0.465 e. The monoisotopic (exact) mass is 283 g/mol. The van der Waals surface area contributed by atoms with Crippen LogP contribution in [-0.4, -0.2) is 31.3 Å². The van der Waals surface area contributed by atoms with Gasteiger partial charge in [-0.2, -0.15) is 0 Å². The Morgan fingerprint density at radius 1 is 1.30 bits per heavy atom. The van der Waals surface area contributed by atoms with Crippen molar-refractivity contribution in [1.29, 1.82) is 0 Å². The first-order valence-electron chi connectivity index (χ1n) is 6.87. The Bertz CT molecular complexity index is 424. The van der Waals surface area contributed by atoms with Crippen LogP contribution in [0.1, 0.15) is 41.6 Å². The van der Waals surface area contributed by atoms with Crippen LogP contribution in [0, 0.1) is 5.82 Å². The van der Waals surface area contributed by atoms with Crippen LogP contribution in [0.4, 0.5) is 4.39 Å². The molecular formula is C15H22FNO3. The van der Waals surface area contributed by atoms with Gasteiger partial charge in [-0.15, -0.1) is 0 Å². The van der Waals surface area contributed by atoms with E-state index in [0.717, 1.165) is 37.8 Å². The van der Waals surface area contributed by atoms with Crippen molar-refractivity contribution in [2.75, 3.05) is 20.3 Å². The quantitative estimate of drug-likeness (QED) is 0.539. The minimum atomic E-state index is -0.661. The third-order valence-electron chi connectivity index (χ3n) is 3.03. The third-order valence-corrected chi connectivity index (χ3v) is 3.03. The lowest BCUT2D eigenvalue weighted by Gasteiger charge is -2.07. The summed E-state index contributed by atoms with van der Waals surface area (Å²) in [5.41, 5.74) is 0.755. The highest BCUT2D eigenvalue weighted by Gasteiger charge is 2.11. The van der Waals surface area contributed by atoms with Crippen LogP contribution in [0.3, 0.4) is 0 Å². The van der Waals surface area contributed by atoms with Crippen molar-refractivity contribution >= 4 is 5.97 Å². The average molecular weight is 283 g/mol. The lowest BCUT2D eigenvalue weighted by atomic mass is 10.1. The predicted molar refractivity (Wildman–Crippen MR) is 75.0 cm³/mol. The second kappa shape index (κ2) is 9.44. The first-order chi connectivity index (χ1) is 9.69. The number of benzene rings is 1. The molecule has 0 bridgehead atoms. The number of methoxy groups -OCH3 is 1. The number of aliphatic hydroxyl groups excluding tert-OH is 1. The van der Waals surface area contributed by atoms with E-state index in [1.165, 1.54) is 19.2 Å². The van der Waals surface area contributed by atoms with Gasteiger partial charge >= 0.3 is 5.97 Å². The number of hydrogen-bond acceptors (Lipinski definition) is 4. The smallest absolute Gasteiger partial charge is 0.340 e. The van der Waals surface area contributed by atoms with Crippen LogP contribution in [0.15, 0.2) is 18.2 Å². The van der Waals surface area contributed by atoms with Crippen LogP contribution in [-0.2, 0) is 11.3 Å². The van der Waals surface area contributed by atoms with Crippen molar-refractivity contribution in [1.82, 2.24) is 5.32 Å². The molecule has 0 fully saturated rings. The fraction of sp³-hybridized carbons (Fsp3) is 0.533. The Labute approximate surface area is 119 Å². The van der Waals surface area contributed by atoms with Crippen molar-refractivity contribution in [2.45, 2.75) is 32.2 Å². The summed E-state index contributed by atoms with van der Waals surface area (Å²) >= 11 is 0. The van der Waals surface area contributed by atoms with Crippen molar-refractivity contribution in [3.8, 4) is 0 Å². The van der Waals surface area contributed by atoms with Crippen molar-refractivity contribution in [2.24, 2.45) is 0 Å². The second-order valence-electron chi connectivity index (χ2n) is 4.62. The Balaban J connectivity index is 2.31. The van der Waals surface area contributed by atoms with Gasteiger partial charge in [0.1, 0.15) is 5.82 Å². The van der Waals surface area contributed by atoms with E-state index in [-0.39, 0.29) is 12.2 Å². The van der Waals surface area contributed by atoms with Crippen LogP contribution in [0.25, 0.3) is 0 Å². The van der Waals surface area contributed by atoms with Gasteiger partial charge in [0.2, 0.25) is 0 Å². The summed E-state index contributed by atoms with van der Waals surface area (Å²) < 4.78 is 18.1. The zero-order chi connectivity index (χ0) is 14.8. The Hall–Kier alpha value is -1.46. The van der Waals surface area contributed by atoms with Crippen LogP contribution < -0.4 is 5.32 Å². The number of esters is 1. The summed E-state index contributed by atoms with van der Waals surface area (Å²) in [4.78, 5) is 11.2. The van der Waals surface area contributed by atoms with Gasteiger partial charge < -0.3 is 15.2 Å². The lowest BCUT2D eigenvalue weighted by molar-refractivity contribution is 0.0595. The maximum absolute atomic E-state index is 13.6. The summed E-state index contributed by atoms with van der Waals surface area (Å²) in [5, 5.41) is 11.9. The molecule has 0 aliphatic heterocycles. The highest BCUT2D eigenvalue weighted by atomic mass is 19.1. The summed E-state index contributed by atoms with van der Waals surface area (Å²) in [7, 11) is 1.23. The molecule has 1 aromatic rings. The van der Waals surface area contributed by atoms with Gasteiger partial charge in [0.05, 0.1) is 12.7 Å². The number of carbonyl (C=O) groups excluding carboxylic acids is 1. The van der Waals surface area contributed by atoms with Gasteiger partial charge in [0.25, 0.3) is 0 Å². The van der Waals surface area contributed by atoms with Crippen LogP contribution in [0.2, 0.25) is 0 Å². The normalized spacial score (nSPS) is 10.6. The molecule has 0 heterocycles. The number of aliphatic hydroxyl groups is 1. The molecule has 0 aliphatic carbocycles. The number of ether oxygens (including phenoxy) is 1. The van der Waals surface area contributed by atoms with Gasteiger partial charge in [-0.3, -0.25) is 0 Å². The highest BCUT2D eigenvalue weighted by Crippen LogP contribution is 2.11. The number of halogens is 1.